The smallest absolute Gasteiger partial charge is 0.399 e. The lowest BCUT2D eigenvalue weighted by molar-refractivity contribution is 0.00578. The third-order valence-corrected chi connectivity index (χ3v) is 5.47. The molecule has 20 heavy (non-hydrogen) atoms. The van der Waals surface area contributed by atoms with Gasteiger partial charge in [0.1, 0.15) is 0 Å². The average Bonchev–Trinajstić information content (AvgIpc) is 2.58. The molecule has 1 aromatic carbocycles. The van der Waals surface area contributed by atoms with Gasteiger partial charge in [0.25, 0.3) is 0 Å². The van der Waals surface area contributed by atoms with E-state index in [1.807, 2.05) is 27.7 Å². The third kappa shape index (κ3) is 2.51. The Bertz CT molecular complexity index is 597. The molecule has 1 saturated heterocycles. The van der Waals surface area contributed by atoms with E-state index in [-0.39, 0.29) is 4.90 Å². The van der Waals surface area contributed by atoms with Crippen LogP contribution in [0.3, 0.4) is 0 Å². The summed E-state index contributed by atoms with van der Waals surface area (Å²) in [7, 11) is -2.86. The molecule has 0 spiro atoms. The molecule has 2 rings (SSSR count). The molecular weight excluding hydrogens is 277 g/mol. The molecule has 0 unspecified atom stereocenters. The standard InChI is InChI=1S/C13H20BNO4S/c1-12(2)13(3,4)19-14(18-12)10-8-6-7-9-11(10)20(16,17)15-5/h6-9,15H,1-5H3. The highest BCUT2D eigenvalue weighted by Gasteiger charge is 2.52. The van der Waals surface area contributed by atoms with Crippen LogP contribution in [0.4, 0.5) is 0 Å². The molecule has 0 amide bonds. The zero-order chi connectivity index (χ0) is 15.2. The number of hydrogen-bond donors (Lipinski definition) is 1. The summed E-state index contributed by atoms with van der Waals surface area (Å²) in [5.41, 5.74) is -0.497. The highest BCUT2D eigenvalue weighted by Crippen LogP contribution is 2.36. The molecule has 0 aromatic heterocycles. The van der Waals surface area contributed by atoms with Crippen LogP contribution in [0.15, 0.2) is 29.2 Å². The van der Waals surface area contributed by atoms with Crippen molar-refractivity contribution in [3.05, 3.63) is 24.3 Å². The summed E-state index contributed by atoms with van der Waals surface area (Å²) in [6.07, 6.45) is 0. The third-order valence-electron chi connectivity index (χ3n) is 3.98. The summed E-state index contributed by atoms with van der Waals surface area (Å²) in [5.74, 6) is 0. The lowest BCUT2D eigenvalue weighted by Crippen LogP contribution is -2.41. The number of hydrogen-bond acceptors (Lipinski definition) is 4. The molecule has 1 N–H and O–H groups in total. The monoisotopic (exact) mass is 297 g/mol. The van der Waals surface area contributed by atoms with E-state index >= 15 is 0 Å². The lowest BCUT2D eigenvalue weighted by atomic mass is 9.79. The number of sulfonamides is 1. The summed E-state index contributed by atoms with van der Waals surface area (Å²) >= 11 is 0. The molecule has 0 aliphatic carbocycles. The van der Waals surface area contributed by atoms with Crippen LogP contribution in [0.5, 0.6) is 0 Å². The summed E-state index contributed by atoms with van der Waals surface area (Å²) in [5, 5.41) is 0. The van der Waals surface area contributed by atoms with Gasteiger partial charge in [-0.3, -0.25) is 0 Å². The van der Waals surface area contributed by atoms with Crippen LogP contribution in [0, 0.1) is 0 Å². The second-order valence-corrected chi connectivity index (χ2v) is 7.69. The highest BCUT2D eigenvalue weighted by molar-refractivity contribution is 7.89. The maximum Gasteiger partial charge on any atom is 0.496 e. The van der Waals surface area contributed by atoms with Crippen molar-refractivity contribution in [2.45, 2.75) is 43.8 Å². The van der Waals surface area contributed by atoms with Crippen molar-refractivity contribution in [1.29, 1.82) is 0 Å². The first-order valence-electron chi connectivity index (χ1n) is 6.49. The molecule has 110 valence electrons. The van der Waals surface area contributed by atoms with Gasteiger partial charge in [-0.05, 0) is 40.8 Å². The van der Waals surface area contributed by atoms with Gasteiger partial charge in [-0.25, -0.2) is 13.1 Å². The molecule has 0 saturated carbocycles. The van der Waals surface area contributed by atoms with Crippen LogP contribution >= 0.6 is 0 Å². The number of rotatable bonds is 3. The lowest BCUT2D eigenvalue weighted by Gasteiger charge is -2.32. The molecule has 1 aliphatic heterocycles. The fraction of sp³-hybridized carbons (Fsp3) is 0.538. The van der Waals surface area contributed by atoms with Crippen molar-refractivity contribution in [2.24, 2.45) is 0 Å². The SMILES string of the molecule is CNS(=O)(=O)c1ccccc1B1OC(C)(C)C(C)(C)O1. The summed E-state index contributed by atoms with van der Waals surface area (Å²) in [6.45, 7) is 7.73. The molecule has 1 heterocycles. The highest BCUT2D eigenvalue weighted by atomic mass is 32.2. The maximum atomic E-state index is 12.1. The molecule has 0 atom stereocenters. The largest absolute Gasteiger partial charge is 0.496 e. The van der Waals surface area contributed by atoms with Gasteiger partial charge in [0.2, 0.25) is 10.0 Å². The molecule has 7 heteroatoms. The molecule has 1 aliphatic rings. The first-order valence-corrected chi connectivity index (χ1v) is 7.97. The zero-order valence-electron chi connectivity index (χ0n) is 12.4. The van der Waals surface area contributed by atoms with Crippen molar-refractivity contribution in [3.8, 4) is 0 Å². The fourth-order valence-electron chi connectivity index (χ4n) is 2.00. The molecule has 0 bridgehead atoms. The van der Waals surface area contributed by atoms with Gasteiger partial charge in [-0.15, -0.1) is 0 Å². The van der Waals surface area contributed by atoms with E-state index < -0.39 is 28.3 Å². The predicted octanol–water partition coefficient (Wildman–Crippen LogP) is 0.894. The molecule has 1 aromatic rings. The van der Waals surface area contributed by atoms with E-state index in [0.717, 1.165) is 0 Å². The Labute approximate surface area is 120 Å². The van der Waals surface area contributed by atoms with Crippen LogP contribution in [0.1, 0.15) is 27.7 Å². The zero-order valence-corrected chi connectivity index (χ0v) is 13.2. The summed E-state index contributed by atoms with van der Waals surface area (Å²) in [4.78, 5) is 0.181. The Kier molecular flexibility index (Phi) is 3.75. The van der Waals surface area contributed by atoms with Crippen LogP contribution in [0.25, 0.3) is 0 Å². The second-order valence-electron chi connectivity index (χ2n) is 5.83. The Morgan fingerprint density at radius 2 is 1.55 bits per heavy atom. The van der Waals surface area contributed by atoms with Gasteiger partial charge in [0.05, 0.1) is 16.1 Å². The van der Waals surface area contributed by atoms with E-state index in [4.69, 9.17) is 9.31 Å². The number of benzene rings is 1. The van der Waals surface area contributed by atoms with E-state index in [2.05, 4.69) is 4.72 Å². The Morgan fingerprint density at radius 3 is 2.05 bits per heavy atom. The van der Waals surface area contributed by atoms with Crippen molar-refractivity contribution in [2.75, 3.05) is 7.05 Å². The predicted molar refractivity (Wildman–Crippen MR) is 78.4 cm³/mol. The van der Waals surface area contributed by atoms with E-state index in [1.165, 1.54) is 7.05 Å². The van der Waals surface area contributed by atoms with Gasteiger partial charge in [-0.1, -0.05) is 18.2 Å². The maximum absolute atomic E-state index is 12.1. The second kappa shape index (κ2) is 4.84. The van der Waals surface area contributed by atoms with Crippen molar-refractivity contribution in [1.82, 2.24) is 4.72 Å². The van der Waals surface area contributed by atoms with Gasteiger partial charge in [-0.2, -0.15) is 0 Å². The minimum Gasteiger partial charge on any atom is -0.399 e. The van der Waals surface area contributed by atoms with Crippen LogP contribution < -0.4 is 10.2 Å². The molecular formula is C13H20BNO4S. The van der Waals surface area contributed by atoms with Crippen LogP contribution in [0.2, 0.25) is 0 Å². The normalized spacial score (nSPS) is 21.1. The minimum atomic E-state index is -3.55. The first kappa shape index (κ1) is 15.5. The quantitative estimate of drug-likeness (QED) is 0.842. The minimum absolute atomic E-state index is 0.181. The van der Waals surface area contributed by atoms with Gasteiger partial charge < -0.3 is 9.31 Å². The topological polar surface area (TPSA) is 64.6 Å². The summed E-state index contributed by atoms with van der Waals surface area (Å²) in [6, 6.07) is 6.71. The van der Waals surface area contributed by atoms with Crippen LogP contribution in [-0.4, -0.2) is 33.8 Å². The Hall–Kier alpha value is -0.885. The van der Waals surface area contributed by atoms with Gasteiger partial charge >= 0.3 is 7.12 Å². The fourth-order valence-corrected chi connectivity index (χ4v) is 2.95. The van der Waals surface area contributed by atoms with Crippen molar-refractivity contribution >= 4 is 22.6 Å². The van der Waals surface area contributed by atoms with Crippen molar-refractivity contribution < 1.29 is 17.7 Å². The Balaban J connectivity index is 2.47. The van der Waals surface area contributed by atoms with E-state index in [9.17, 15) is 8.42 Å². The molecule has 5 nitrogen and oxygen atoms in total. The first-order chi connectivity index (χ1) is 9.11. The van der Waals surface area contributed by atoms with Crippen molar-refractivity contribution in [3.63, 3.8) is 0 Å². The molecule has 0 radical (unpaired) electrons. The van der Waals surface area contributed by atoms with Crippen LogP contribution in [-0.2, 0) is 19.3 Å². The van der Waals surface area contributed by atoms with E-state index in [1.54, 1.807) is 24.3 Å². The van der Waals surface area contributed by atoms with E-state index in [0.29, 0.717) is 5.46 Å². The summed E-state index contributed by atoms with van der Waals surface area (Å²) < 4.78 is 38.3. The van der Waals surface area contributed by atoms with Gasteiger partial charge in [0.15, 0.2) is 0 Å². The average molecular weight is 297 g/mol. The Morgan fingerprint density at radius 1 is 1.05 bits per heavy atom. The molecule has 1 fully saturated rings. The number of nitrogens with one attached hydrogen (secondary N) is 1. The van der Waals surface area contributed by atoms with Gasteiger partial charge in [0, 0.05) is 5.46 Å².